The Balaban J connectivity index is 1.86. The van der Waals surface area contributed by atoms with Gasteiger partial charge >= 0.3 is 0 Å². The molecule has 0 saturated carbocycles. The van der Waals surface area contributed by atoms with Crippen LogP contribution in [0.2, 0.25) is 0 Å². The van der Waals surface area contributed by atoms with E-state index in [2.05, 4.69) is 10.3 Å². The highest BCUT2D eigenvalue weighted by atomic mass is 19.1. The first-order chi connectivity index (χ1) is 15.2. The SMILES string of the molecule is O=c1cc(Nc2ccccc2)n(-c2ccccc2)c2c(-c3ccc(F)cc3)cncc12. The number of nitrogens with zero attached hydrogens (tertiary/aromatic N) is 2. The molecule has 1 N–H and O–H groups in total. The van der Waals surface area contributed by atoms with Gasteiger partial charge in [-0.2, -0.15) is 0 Å². The Hall–Kier alpha value is -4.25. The minimum absolute atomic E-state index is 0.142. The van der Waals surface area contributed by atoms with Crippen LogP contribution in [-0.4, -0.2) is 9.55 Å². The molecule has 0 aliphatic rings. The van der Waals surface area contributed by atoms with Crippen LogP contribution in [0.15, 0.2) is 108 Å². The minimum atomic E-state index is -0.316. The molecule has 4 nitrogen and oxygen atoms in total. The van der Waals surface area contributed by atoms with Crippen LogP contribution in [0.1, 0.15) is 0 Å². The molecule has 0 saturated heterocycles. The molecule has 5 heteroatoms. The maximum absolute atomic E-state index is 13.6. The number of nitrogens with one attached hydrogen (secondary N) is 1. The van der Waals surface area contributed by atoms with Crippen molar-refractivity contribution in [3.63, 3.8) is 0 Å². The van der Waals surface area contributed by atoms with Gasteiger partial charge in [-0.25, -0.2) is 4.39 Å². The fraction of sp³-hybridized carbons (Fsp3) is 0. The van der Waals surface area contributed by atoms with Crippen LogP contribution in [0.25, 0.3) is 27.7 Å². The number of benzene rings is 3. The van der Waals surface area contributed by atoms with E-state index in [1.165, 1.54) is 12.1 Å². The lowest BCUT2D eigenvalue weighted by Crippen LogP contribution is -2.13. The number of hydrogen-bond donors (Lipinski definition) is 1. The summed E-state index contributed by atoms with van der Waals surface area (Å²) in [7, 11) is 0. The summed E-state index contributed by atoms with van der Waals surface area (Å²) < 4.78 is 15.6. The number of pyridine rings is 2. The minimum Gasteiger partial charge on any atom is -0.341 e. The zero-order chi connectivity index (χ0) is 21.2. The predicted molar refractivity (Wildman–Crippen MR) is 122 cm³/mol. The summed E-state index contributed by atoms with van der Waals surface area (Å²) in [4.78, 5) is 17.4. The number of halogens is 1. The van der Waals surface area contributed by atoms with Crippen molar-refractivity contribution in [1.82, 2.24) is 9.55 Å². The summed E-state index contributed by atoms with van der Waals surface area (Å²) >= 11 is 0. The lowest BCUT2D eigenvalue weighted by Gasteiger charge is -2.20. The molecule has 0 amide bonds. The molecule has 0 aliphatic heterocycles. The van der Waals surface area contributed by atoms with Crippen molar-refractivity contribution < 1.29 is 4.39 Å². The van der Waals surface area contributed by atoms with Gasteiger partial charge in [-0.3, -0.25) is 14.3 Å². The van der Waals surface area contributed by atoms with E-state index in [1.807, 2.05) is 65.2 Å². The van der Waals surface area contributed by atoms with Gasteiger partial charge in [-0.05, 0) is 42.0 Å². The largest absolute Gasteiger partial charge is 0.341 e. The molecule has 0 spiro atoms. The van der Waals surface area contributed by atoms with Crippen molar-refractivity contribution in [2.75, 3.05) is 5.32 Å². The van der Waals surface area contributed by atoms with Crippen molar-refractivity contribution in [2.24, 2.45) is 0 Å². The first-order valence-electron chi connectivity index (χ1n) is 9.88. The first-order valence-corrected chi connectivity index (χ1v) is 9.88. The van der Waals surface area contributed by atoms with Gasteiger partial charge in [0.25, 0.3) is 0 Å². The molecule has 0 fully saturated rings. The lowest BCUT2D eigenvalue weighted by molar-refractivity contribution is 0.628. The third-order valence-corrected chi connectivity index (χ3v) is 5.13. The van der Waals surface area contributed by atoms with Gasteiger partial charge in [0, 0.05) is 35.4 Å². The van der Waals surface area contributed by atoms with Gasteiger partial charge < -0.3 is 5.32 Å². The highest BCUT2D eigenvalue weighted by Gasteiger charge is 2.16. The Kier molecular flexibility index (Phi) is 4.77. The average Bonchev–Trinajstić information content (AvgIpc) is 2.81. The zero-order valence-electron chi connectivity index (χ0n) is 16.5. The zero-order valence-corrected chi connectivity index (χ0v) is 16.5. The van der Waals surface area contributed by atoms with Gasteiger partial charge in [-0.15, -0.1) is 0 Å². The van der Waals surface area contributed by atoms with Gasteiger partial charge in [0.15, 0.2) is 5.43 Å². The molecular weight excluding hydrogens is 389 g/mol. The second-order valence-electron chi connectivity index (χ2n) is 7.15. The van der Waals surface area contributed by atoms with Crippen molar-refractivity contribution in [3.8, 4) is 16.8 Å². The third-order valence-electron chi connectivity index (χ3n) is 5.13. The molecule has 0 radical (unpaired) electrons. The van der Waals surface area contributed by atoms with Gasteiger partial charge in [0.1, 0.15) is 11.6 Å². The van der Waals surface area contributed by atoms with E-state index >= 15 is 0 Å². The second-order valence-corrected chi connectivity index (χ2v) is 7.15. The normalized spacial score (nSPS) is 10.9. The summed E-state index contributed by atoms with van der Waals surface area (Å²) in [5, 5.41) is 3.86. The van der Waals surface area contributed by atoms with Crippen molar-refractivity contribution in [3.05, 3.63) is 119 Å². The van der Waals surface area contributed by atoms with E-state index in [1.54, 1.807) is 30.6 Å². The Morgan fingerprint density at radius 3 is 2.19 bits per heavy atom. The number of aromatic nitrogens is 2. The van der Waals surface area contributed by atoms with E-state index in [9.17, 15) is 9.18 Å². The lowest BCUT2D eigenvalue weighted by atomic mass is 10.0. The van der Waals surface area contributed by atoms with Crippen LogP contribution >= 0.6 is 0 Å². The molecule has 150 valence electrons. The van der Waals surface area contributed by atoms with Gasteiger partial charge in [0.05, 0.1) is 10.9 Å². The van der Waals surface area contributed by atoms with Crippen molar-refractivity contribution >= 4 is 22.4 Å². The summed E-state index contributed by atoms with van der Waals surface area (Å²) in [6, 6.07) is 27.3. The second kappa shape index (κ2) is 7.88. The molecule has 5 aromatic rings. The summed E-state index contributed by atoms with van der Waals surface area (Å²) in [6.07, 6.45) is 3.29. The van der Waals surface area contributed by atoms with Crippen molar-refractivity contribution in [1.29, 1.82) is 0 Å². The quantitative estimate of drug-likeness (QED) is 0.401. The number of hydrogen-bond acceptors (Lipinski definition) is 3. The number of fused-ring (bicyclic) bond motifs is 1. The van der Waals surface area contributed by atoms with Crippen LogP contribution in [-0.2, 0) is 0 Å². The topological polar surface area (TPSA) is 46.9 Å². The maximum Gasteiger partial charge on any atom is 0.193 e. The van der Waals surface area contributed by atoms with E-state index in [-0.39, 0.29) is 11.2 Å². The highest BCUT2D eigenvalue weighted by molar-refractivity contribution is 5.95. The smallest absolute Gasteiger partial charge is 0.193 e. The molecule has 0 aliphatic carbocycles. The molecule has 0 bridgehead atoms. The third kappa shape index (κ3) is 3.57. The van der Waals surface area contributed by atoms with Crippen LogP contribution in [0, 0.1) is 5.82 Å². The molecule has 0 atom stereocenters. The van der Waals surface area contributed by atoms with E-state index in [0.717, 1.165) is 22.5 Å². The van der Waals surface area contributed by atoms with Crippen LogP contribution < -0.4 is 10.7 Å². The fourth-order valence-electron chi connectivity index (χ4n) is 3.71. The first kappa shape index (κ1) is 18.8. The standard InChI is InChI=1S/C26H18FN3O/c27-19-13-11-18(12-14-19)22-16-28-17-23-24(31)15-25(29-20-7-3-1-4-8-20)30(26(22)23)21-9-5-2-6-10-21/h1-17,29H. The van der Waals surface area contributed by atoms with Crippen LogP contribution in [0.3, 0.4) is 0 Å². The maximum atomic E-state index is 13.6. The summed E-state index contributed by atoms with van der Waals surface area (Å²) in [5.41, 5.74) is 3.84. The number of anilines is 2. The molecule has 2 aromatic heterocycles. The molecule has 5 rings (SSSR count). The molecule has 2 heterocycles. The Labute approximate surface area is 178 Å². The Morgan fingerprint density at radius 2 is 1.48 bits per heavy atom. The Morgan fingerprint density at radius 1 is 0.806 bits per heavy atom. The predicted octanol–water partition coefficient (Wildman–Crippen LogP) is 5.94. The summed E-state index contributed by atoms with van der Waals surface area (Å²) in [6.45, 7) is 0. The van der Waals surface area contributed by atoms with Gasteiger partial charge in [0.2, 0.25) is 0 Å². The number of para-hydroxylation sites is 2. The van der Waals surface area contributed by atoms with E-state index in [0.29, 0.717) is 16.7 Å². The average molecular weight is 407 g/mol. The molecule has 0 unspecified atom stereocenters. The summed E-state index contributed by atoms with van der Waals surface area (Å²) in [5.74, 6) is 0.313. The van der Waals surface area contributed by atoms with E-state index < -0.39 is 0 Å². The van der Waals surface area contributed by atoms with Crippen LogP contribution in [0.4, 0.5) is 15.9 Å². The Bertz CT molecular complexity index is 1410. The fourth-order valence-corrected chi connectivity index (χ4v) is 3.71. The van der Waals surface area contributed by atoms with Gasteiger partial charge in [-0.1, -0.05) is 48.5 Å². The monoisotopic (exact) mass is 407 g/mol. The van der Waals surface area contributed by atoms with Crippen molar-refractivity contribution in [2.45, 2.75) is 0 Å². The molecular formula is C26H18FN3O. The molecule has 3 aromatic carbocycles. The van der Waals surface area contributed by atoms with Crippen LogP contribution in [0.5, 0.6) is 0 Å². The number of rotatable bonds is 4. The molecule has 31 heavy (non-hydrogen) atoms. The highest BCUT2D eigenvalue weighted by Crippen LogP contribution is 2.32. The van der Waals surface area contributed by atoms with E-state index in [4.69, 9.17) is 0 Å².